The molecule has 1 saturated carbocycles. The van der Waals surface area contributed by atoms with Crippen molar-refractivity contribution in [3.8, 4) is 0 Å². The van der Waals surface area contributed by atoms with E-state index in [2.05, 4.69) is 26.1 Å². The van der Waals surface area contributed by atoms with E-state index in [0.717, 1.165) is 19.4 Å². The lowest BCUT2D eigenvalue weighted by Crippen LogP contribution is -2.55. The van der Waals surface area contributed by atoms with Crippen molar-refractivity contribution in [1.29, 1.82) is 0 Å². The Morgan fingerprint density at radius 3 is 2.56 bits per heavy atom. The number of aliphatic hydroxyl groups excluding tert-OH is 1. The van der Waals surface area contributed by atoms with Crippen molar-refractivity contribution >= 4 is 0 Å². The fourth-order valence-corrected chi connectivity index (χ4v) is 3.47. The van der Waals surface area contributed by atoms with Gasteiger partial charge in [-0.25, -0.2) is 0 Å². The first-order valence-electron chi connectivity index (χ1n) is 6.28. The summed E-state index contributed by atoms with van der Waals surface area (Å²) in [6.07, 6.45) is 3.36. The predicted molar refractivity (Wildman–Crippen MR) is 66.5 cm³/mol. The first kappa shape index (κ1) is 13.9. The van der Waals surface area contributed by atoms with Crippen molar-refractivity contribution in [2.24, 2.45) is 11.3 Å². The summed E-state index contributed by atoms with van der Waals surface area (Å²) in [6, 6.07) is 0. The Balaban J connectivity index is 2.62. The fourth-order valence-electron chi connectivity index (χ4n) is 3.47. The standard InChI is InChI=1S/C13H27NO2/c1-11-7-12(2,3)9-13(8-11,10-15)14-5-6-16-4/h11,14-15H,5-10H2,1-4H3. The van der Waals surface area contributed by atoms with Crippen LogP contribution < -0.4 is 5.32 Å². The molecule has 2 atom stereocenters. The van der Waals surface area contributed by atoms with Gasteiger partial charge < -0.3 is 15.2 Å². The van der Waals surface area contributed by atoms with E-state index in [-0.39, 0.29) is 12.1 Å². The molecule has 1 rings (SSSR count). The lowest BCUT2D eigenvalue weighted by atomic mass is 9.64. The molecule has 0 radical (unpaired) electrons. The van der Waals surface area contributed by atoms with Gasteiger partial charge in [0.15, 0.2) is 0 Å². The number of methoxy groups -OCH3 is 1. The zero-order valence-corrected chi connectivity index (χ0v) is 11.2. The molecule has 2 N–H and O–H groups in total. The van der Waals surface area contributed by atoms with Gasteiger partial charge in [-0.15, -0.1) is 0 Å². The SMILES string of the molecule is COCCNC1(CO)CC(C)CC(C)(C)C1. The van der Waals surface area contributed by atoms with Crippen LogP contribution in [0.15, 0.2) is 0 Å². The summed E-state index contributed by atoms with van der Waals surface area (Å²) < 4.78 is 5.06. The Kier molecular flexibility index (Phi) is 4.77. The minimum Gasteiger partial charge on any atom is -0.394 e. The van der Waals surface area contributed by atoms with Crippen molar-refractivity contribution in [3.05, 3.63) is 0 Å². The van der Waals surface area contributed by atoms with Gasteiger partial charge >= 0.3 is 0 Å². The van der Waals surface area contributed by atoms with Crippen LogP contribution in [0.1, 0.15) is 40.0 Å². The topological polar surface area (TPSA) is 41.5 Å². The molecule has 0 saturated heterocycles. The molecule has 1 aliphatic rings. The second kappa shape index (κ2) is 5.48. The van der Waals surface area contributed by atoms with Gasteiger partial charge in [-0.05, 0) is 30.6 Å². The Morgan fingerprint density at radius 1 is 1.38 bits per heavy atom. The first-order chi connectivity index (χ1) is 7.43. The largest absolute Gasteiger partial charge is 0.394 e. The van der Waals surface area contributed by atoms with Crippen molar-refractivity contribution in [2.45, 2.75) is 45.6 Å². The number of aliphatic hydroxyl groups is 1. The van der Waals surface area contributed by atoms with Gasteiger partial charge in [-0.2, -0.15) is 0 Å². The van der Waals surface area contributed by atoms with Crippen LogP contribution in [0.25, 0.3) is 0 Å². The molecule has 3 nitrogen and oxygen atoms in total. The van der Waals surface area contributed by atoms with Crippen LogP contribution in [-0.2, 0) is 4.74 Å². The molecule has 0 aromatic carbocycles. The second-order valence-electron chi connectivity index (χ2n) is 6.21. The van der Waals surface area contributed by atoms with Crippen LogP contribution in [-0.4, -0.2) is 37.5 Å². The van der Waals surface area contributed by atoms with E-state index in [1.165, 1.54) is 6.42 Å². The Hall–Kier alpha value is -0.120. The number of nitrogens with one attached hydrogen (secondary N) is 1. The molecule has 3 heteroatoms. The highest BCUT2D eigenvalue weighted by Gasteiger charge is 2.41. The molecule has 0 amide bonds. The van der Waals surface area contributed by atoms with Crippen molar-refractivity contribution in [2.75, 3.05) is 26.9 Å². The van der Waals surface area contributed by atoms with Crippen LogP contribution >= 0.6 is 0 Å². The summed E-state index contributed by atoms with van der Waals surface area (Å²) in [5.41, 5.74) is 0.222. The highest BCUT2D eigenvalue weighted by molar-refractivity contribution is 4.98. The van der Waals surface area contributed by atoms with Crippen LogP contribution in [0.5, 0.6) is 0 Å². The minimum absolute atomic E-state index is 0.0975. The van der Waals surface area contributed by atoms with Gasteiger partial charge in [0.2, 0.25) is 0 Å². The van der Waals surface area contributed by atoms with E-state index >= 15 is 0 Å². The molecule has 0 aliphatic heterocycles. The molecule has 0 aromatic rings. The van der Waals surface area contributed by atoms with Crippen LogP contribution in [0.4, 0.5) is 0 Å². The molecular formula is C13H27NO2. The highest BCUT2D eigenvalue weighted by Crippen LogP contribution is 2.43. The van der Waals surface area contributed by atoms with Crippen LogP contribution in [0.3, 0.4) is 0 Å². The van der Waals surface area contributed by atoms with Gasteiger partial charge in [0.05, 0.1) is 13.2 Å². The molecule has 16 heavy (non-hydrogen) atoms. The molecule has 0 spiro atoms. The van der Waals surface area contributed by atoms with E-state index < -0.39 is 0 Å². The molecule has 0 aromatic heterocycles. The fraction of sp³-hybridized carbons (Fsp3) is 1.00. The van der Waals surface area contributed by atoms with E-state index in [9.17, 15) is 5.11 Å². The van der Waals surface area contributed by atoms with Crippen molar-refractivity contribution in [1.82, 2.24) is 5.32 Å². The first-order valence-corrected chi connectivity index (χ1v) is 6.28. The molecule has 1 fully saturated rings. The maximum Gasteiger partial charge on any atom is 0.0613 e. The maximum absolute atomic E-state index is 9.69. The average molecular weight is 229 g/mol. The quantitative estimate of drug-likeness (QED) is 0.706. The Labute approximate surface area is 99.6 Å². The Bertz CT molecular complexity index is 218. The molecule has 0 bridgehead atoms. The smallest absolute Gasteiger partial charge is 0.0613 e. The lowest BCUT2D eigenvalue weighted by Gasteiger charge is -2.47. The average Bonchev–Trinajstić information content (AvgIpc) is 2.15. The summed E-state index contributed by atoms with van der Waals surface area (Å²) in [6.45, 7) is 8.63. The van der Waals surface area contributed by atoms with E-state index in [1.54, 1.807) is 7.11 Å². The predicted octanol–water partition coefficient (Wildman–Crippen LogP) is 1.80. The monoisotopic (exact) mass is 229 g/mol. The zero-order valence-electron chi connectivity index (χ0n) is 11.2. The second-order valence-corrected chi connectivity index (χ2v) is 6.21. The summed E-state index contributed by atoms with van der Waals surface area (Å²) in [5, 5.41) is 13.2. The van der Waals surface area contributed by atoms with E-state index in [0.29, 0.717) is 17.9 Å². The van der Waals surface area contributed by atoms with Crippen LogP contribution in [0.2, 0.25) is 0 Å². The molecule has 0 heterocycles. The van der Waals surface area contributed by atoms with Gasteiger partial charge in [-0.3, -0.25) is 0 Å². The number of hydrogen-bond donors (Lipinski definition) is 2. The van der Waals surface area contributed by atoms with Crippen molar-refractivity contribution in [3.63, 3.8) is 0 Å². The summed E-state index contributed by atoms with van der Waals surface area (Å²) in [5.74, 6) is 0.672. The Morgan fingerprint density at radius 2 is 2.06 bits per heavy atom. The summed E-state index contributed by atoms with van der Waals surface area (Å²) >= 11 is 0. The van der Waals surface area contributed by atoms with Gasteiger partial charge in [0, 0.05) is 19.2 Å². The molecular weight excluding hydrogens is 202 g/mol. The molecule has 96 valence electrons. The van der Waals surface area contributed by atoms with E-state index in [1.807, 2.05) is 0 Å². The number of hydrogen-bond acceptors (Lipinski definition) is 3. The molecule has 2 unspecified atom stereocenters. The third kappa shape index (κ3) is 3.72. The van der Waals surface area contributed by atoms with Gasteiger partial charge in [0.1, 0.15) is 0 Å². The van der Waals surface area contributed by atoms with Crippen LogP contribution in [0, 0.1) is 11.3 Å². The number of ether oxygens (including phenoxy) is 1. The lowest BCUT2D eigenvalue weighted by molar-refractivity contribution is 0.0320. The van der Waals surface area contributed by atoms with Crippen molar-refractivity contribution < 1.29 is 9.84 Å². The summed E-state index contributed by atoms with van der Waals surface area (Å²) in [4.78, 5) is 0. The molecule has 1 aliphatic carbocycles. The zero-order chi connectivity index (χ0) is 12.2. The minimum atomic E-state index is -0.0975. The third-order valence-corrected chi connectivity index (χ3v) is 3.57. The highest BCUT2D eigenvalue weighted by atomic mass is 16.5. The summed E-state index contributed by atoms with van der Waals surface area (Å²) in [7, 11) is 1.71. The van der Waals surface area contributed by atoms with Gasteiger partial charge in [-0.1, -0.05) is 20.8 Å². The normalized spacial score (nSPS) is 33.9. The van der Waals surface area contributed by atoms with Gasteiger partial charge in [0.25, 0.3) is 0 Å². The third-order valence-electron chi connectivity index (χ3n) is 3.57. The maximum atomic E-state index is 9.69. The van der Waals surface area contributed by atoms with E-state index in [4.69, 9.17) is 4.74 Å². The number of rotatable bonds is 5.